The molecule has 0 N–H and O–H groups in total. The largest absolute Gasteiger partial charge is 0.460 e. The molecule has 0 aromatic heterocycles. The minimum atomic E-state index is -0.145. The van der Waals surface area contributed by atoms with Gasteiger partial charge in [-0.2, -0.15) is 0 Å². The molecule has 5 saturated carbocycles. The van der Waals surface area contributed by atoms with Crippen LogP contribution in [0.1, 0.15) is 261 Å². The van der Waals surface area contributed by atoms with E-state index in [0.29, 0.717) is 34.2 Å². The zero-order chi connectivity index (χ0) is 42.6. The van der Waals surface area contributed by atoms with Gasteiger partial charge in [0.25, 0.3) is 0 Å². The van der Waals surface area contributed by atoms with Gasteiger partial charge in [-0.1, -0.05) is 195 Å². The fourth-order valence-electron chi connectivity index (χ4n) is 15.8. The molecule has 0 bridgehead atoms. The lowest BCUT2D eigenvalue weighted by Gasteiger charge is -2.73. The predicted molar refractivity (Wildman–Crippen MR) is 253 cm³/mol. The Bertz CT molecular complexity index is 1270. The number of hydrogen-bond donors (Lipinski definition) is 0. The van der Waals surface area contributed by atoms with Crippen LogP contribution in [0.4, 0.5) is 0 Å². The Hall–Kier alpha value is -0.830. The third-order valence-electron chi connectivity index (χ3n) is 19.6. The summed E-state index contributed by atoms with van der Waals surface area (Å²) >= 11 is 0. The smallest absolute Gasteiger partial charge is 0.332 e. The highest BCUT2D eigenvalue weighted by molar-refractivity contribution is 5.71. The molecule has 0 spiro atoms. The van der Waals surface area contributed by atoms with Gasteiger partial charge in [-0.05, 0) is 129 Å². The number of esters is 1. The van der Waals surface area contributed by atoms with Crippen molar-refractivity contribution >= 4 is 5.97 Å². The molecule has 0 radical (unpaired) electrons. The van der Waals surface area contributed by atoms with Gasteiger partial charge < -0.3 is 9.47 Å². The summed E-state index contributed by atoms with van der Waals surface area (Å²) < 4.78 is 12.2. The average molecular weight is 821 g/mol. The van der Waals surface area contributed by atoms with Crippen molar-refractivity contribution in [3.05, 3.63) is 12.2 Å². The number of fused-ring (bicyclic) bond motifs is 7. The summed E-state index contributed by atoms with van der Waals surface area (Å²) in [5.41, 5.74) is 3.03. The topological polar surface area (TPSA) is 35.5 Å². The standard InChI is InChI=1S/C56H100O3/c1-10-11-12-13-14-15-16-17-18-19-20-21-22-23-24-25-26-27-28-29-30-31-42-58-43-50(57)59-49-36-38-54(7)47(52(49,4)5)35-39-56(9)48(54)33-32-46-51-45(44(2)3)34-37-53(51,6)40-41-55(46,56)8/h45-49,51H,2,10-43H2,1,3-9H3. The van der Waals surface area contributed by atoms with Gasteiger partial charge in [0.1, 0.15) is 12.7 Å². The molecule has 3 nitrogen and oxygen atoms in total. The predicted octanol–water partition coefficient (Wildman–Crippen LogP) is 17.2. The van der Waals surface area contributed by atoms with Crippen LogP contribution in [-0.2, 0) is 14.3 Å². The van der Waals surface area contributed by atoms with E-state index in [1.165, 1.54) is 198 Å². The van der Waals surface area contributed by atoms with E-state index in [4.69, 9.17) is 9.47 Å². The first-order valence-corrected chi connectivity index (χ1v) is 26.7. The van der Waals surface area contributed by atoms with E-state index >= 15 is 0 Å². The molecule has 0 amide bonds. The Kier molecular flexibility index (Phi) is 18.9. The lowest BCUT2D eigenvalue weighted by atomic mass is 9.32. The Morgan fingerprint density at radius 1 is 0.559 bits per heavy atom. The molecule has 0 aliphatic heterocycles. The van der Waals surface area contributed by atoms with E-state index in [0.717, 1.165) is 36.5 Å². The Balaban J connectivity index is 0.903. The van der Waals surface area contributed by atoms with Crippen LogP contribution in [0, 0.1) is 56.7 Å². The van der Waals surface area contributed by atoms with Crippen molar-refractivity contribution in [2.45, 2.75) is 267 Å². The number of carbonyl (C=O) groups excluding carboxylic acids is 1. The van der Waals surface area contributed by atoms with Crippen LogP contribution >= 0.6 is 0 Å². The van der Waals surface area contributed by atoms with Gasteiger partial charge in [-0.3, -0.25) is 0 Å². The summed E-state index contributed by atoms with van der Waals surface area (Å²) in [6.45, 7) is 25.7. The maximum atomic E-state index is 13.2. The van der Waals surface area contributed by atoms with Gasteiger partial charge in [0.2, 0.25) is 0 Å². The highest BCUT2D eigenvalue weighted by Crippen LogP contribution is 2.77. The maximum Gasteiger partial charge on any atom is 0.332 e. The van der Waals surface area contributed by atoms with E-state index in [1.54, 1.807) is 0 Å². The minimum Gasteiger partial charge on any atom is -0.460 e. The summed E-state index contributed by atoms with van der Waals surface area (Å²) in [5, 5.41) is 0. The van der Waals surface area contributed by atoms with Crippen LogP contribution in [0.25, 0.3) is 0 Å². The first kappa shape index (κ1) is 49.2. The molecule has 0 aromatic carbocycles. The fraction of sp³-hybridized carbons (Fsp3) is 0.946. The second-order valence-corrected chi connectivity index (χ2v) is 23.7. The van der Waals surface area contributed by atoms with Crippen molar-refractivity contribution in [1.29, 1.82) is 0 Å². The van der Waals surface area contributed by atoms with E-state index < -0.39 is 0 Å². The summed E-state index contributed by atoms with van der Waals surface area (Å²) in [7, 11) is 0. The molecule has 342 valence electrons. The fourth-order valence-corrected chi connectivity index (χ4v) is 15.8. The van der Waals surface area contributed by atoms with Gasteiger partial charge in [0.05, 0.1) is 0 Å². The molecule has 10 unspecified atom stereocenters. The third-order valence-corrected chi connectivity index (χ3v) is 19.6. The second-order valence-electron chi connectivity index (χ2n) is 23.7. The van der Waals surface area contributed by atoms with Crippen LogP contribution in [0.2, 0.25) is 0 Å². The van der Waals surface area contributed by atoms with Crippen molar-refractivity contribution in [2.75, 3.05) is 13.2 Å². The third kappa shape index (κ3) is 11.7. The molecule has 3 heteroatoms. The number of unbranched alkanes of at least 4 members (excludes halogenated alkanes) is 21. The van der Waals surface area contributed by atoms with E-state index in [-0.39, 0.29) is 24.1 Å². The number of rotatable bonds is 27. The molecule has 10 atom stereocenters. The number of hydrogen-bond acceptors (Lipinski definition) is 3. The second kappa shape index (κ2) is 22.7. The lowest BCUT2D eigenvalue weighted by Crippen LogP contribution is -2.66. The molecule has 0 saturated heterocycles. The first-order chi connectivity index (χ1) is 28.2. The summed E-state index contributed by atoms with van der Waals surface area (Å²) in [6, 6.07) is 0. The van der Waals surface area contributed by atoms with Gasteiger partial charge in [-0.15, -0.1) is 0 Å². The molecule has 5 rings (SSSR count). The maximum absolute atomic E-state index is 13.2. The Morgan fingerprint density at radius 3 is 1.61 bits per heavy atom. The molecular weight excluding hydrogens is 721 g/mol. The van der Waals surface area contributed by atoms with Crippen LogP contribution in [-0.4, -0.2) is 25.3 Å². The van der Waals surface area contributed by atoms with Gasteiger partial charge >= 0.3 is 5.97 Å². The van der Waals surface area contributed by atoms with E-state index in [2.05, 4.69) is 62.0 Å². The van der Waals surface area contributed by atoms with Crippen molar-refractivity contribution < 1.29 is 14.3 Å². The molecule has 59 heavy (non-hydrogen) atoms. The molecule has 0 heterocycles. The van der Waals surface area contributed by atoms with Crippen LogP contribution in [0.15, 0.2) is 12.2 Å². The van der Waals surface area contributed by atoms with Gasteiger partial charge in [0.15, 0.2) is 0 Å². The molecular formula is C56H100O3. The SMILES string of the molecule is C=C(C)C1CCC2(C)CCC3(C)C(CCC4C5(C)CCC(OC(=O)COCCCCCCCCCCCCCCCCCCCCCCCC)C(C)(C)C5CCC43C)C12. The van der Waals surface area contributed by atoms with Crippen molar-refractivity contribution in [3.8, 4) is 0 Å². The zero-order valence-corrected chi connectivity index (χ0v) is 40.9. The van der Waals surface area contributed by atoms with E-state index in [1.807, 2.05) is 0 Å². The van der Waals surface area contributed by atoms with Crippen molar-refractivity contribution in [2.24, 2.45) is 56.7 Å². The average Bonchev–Trinajstić information content (AvgIpc) is 3.55. The van der Waals surface area contributed by atoms with Crippen molar-refractivity contribution in [3.63, 3.8) is 0 Å². The summed E-state index contributed by atoms with van der Waals surface area (Å²) in [5.74, 6) is 3.57. The first-order valence-electron chi connectivity index (χ1n) is 26.7. The van der Waals surface area contributed by atoms with Crippen LogP contribution in [0.3, 0.4) is 0 Å². The lowest BCUT2D eigenvalue weighted by molar-refractivity contribution is -0.249. The molecule has 5 fully saturated rings. The highest BCUT2D eigenvalue weighted by Gasteiger charge is 2.70. The Morgan fingerprint density at radius 2 is 1.08 bits per heavy atom. The van der Waals surface area contributed by atoms with Crippen LogP contribution in [0.5, 0.6) is 0 Å². The number of carbonyl (C=O) groups is 1. The highest BCUT2D eigenvalue weighted by atomic mass is 16.6. The molecule has 5 aliphatic rings. The summed E-state index contributed by atoms with van der Waals surface area (Å²) in [6.07, 6.45) is 43.9. The monoisotopic (exact) mass is 821 g/mol. The quantitative estimate of drug-likeness (QED) is 0.0470. The number of ether oxygens (including phenoxy) is 2. The minimum absolute atomic E-state index is 0.00692. The Labute approximate surface area is 367 Å². The van der Waals surface area contributed by atoms with Crippen LogP contribution < -0.4 is 0 Å². The van der Waals surface area contributed by atoms with Gasteiger partial charge in [-0.25, -0.2) is 4.79 Å². The van der Waals surface area contributed by atoms with Gasteiger partial charge in [0, 0.05) is 12.0 Å². The normalized spacial score (nSPS) is 36.0. The molecule has 0 aromatic rings. The summed E-state index contributed by atoms with van der Waals surface area (Å²) in [4.78, 5) is 13.2. The van der Waals surface area contributed by atoms with E-state index in [9.17, 15) is 4.79 Å². The zero-order valence-electron chi connectivity index (χ0n) is 40.9. The number of allylic oxidation sites excluding steroid dienone is 1. The van der Waals surface area contributed by atoms with Crippen molar-refractivity contribution in [1.82, 2.24) is 0 Å². The molecule has 5 aliphatic carbocycles.